The molecular weight excluding hydrogens is 238 g/mol. The maximum Gasteiger partial charge on any atom is 0.157 e. The average Bonchev–Trinajstić information content (AvgIpc) is 2.97. The van der Waals surface area contributed by atoms with Gasteiger partial charge in [0.25, 0.3) is 0 Å². The zero-order chi connectivity index (χ0) is 13.4. The number of fused-ring (bicyclic) bond motifs is 1. The van der Waals surface area contributed by atoms with E-state index in [1.165, 1.54) is 0 Å². The van der Waals surface area contributed by atoms with Gasteiger partial charge >= 0.3 is 0 Å². The largest absolute Gasteiger partial charge is 0.367 e. The maximum absolute atomic E-state index is 5.97. The SMILES string of the molecule is CC(C)c1cc(N[C@H]2CC[C@@H](N)C2)n2nccc2n1. The van der Waals surface area contributed by atoms with Gasteiger partial charge in [0.15, 0.2) is 5.65 Å². The molecule has 0 saturated heterocycles. The highest BCUT2D eigenvalue weighted by Crippen LogP contribution is 2.24. The lowest BCUT2D eigenvalue weighted by Crippen LogP contribution is -2.22. The third kappa shape index (κ3) is 2.42. The van der Waals surface area contributed by atoms with Crippen molar-refractivity contribution < 1.29 is 0 Å². The molecule has 0 amide bonds. The lowest BCUT2D eigenvalue weighted by atomic mass is 10.1. The van der Waals surface area contributed by atoms with Gasteiger partial charge in [-0.3, -0.25) is 0 Å². The fourth-order valence-corrected chi connectivity index (χ4v) is 2.69. The fourth-order valence-electron chi connectivity index (χ4n) is 2.69. The molecule has 0 radical (unpaired) electrons. The Kier molecular flexibility index (Phi) is 3.14. The van der Waals surface area contributed by atoms with E-state index in [0.29, 0.717) is 18.0 Å². The first-order chi connectivity index (χ1) is 9.13. The minimum atomic E-state index is 0.331. The molecule has 2 atom stereocenters. The van der Waals surface area contributed by atoms with Gasteiger partial charge in [0.2, 0.25) is 0 Å². The molecule has 1 saturated carbocycles. The summed E-state index contributed by atoms with van der Waals surface area (Å²) >= 11 is 0. The third-order valence-electron chi connectivity index (χ3n) is 3.80. The van der Waals surface area contributed by atoms with Crippen LogP contribution >= 0.6 is 0 Å². The van der Waals surface area contributed by atoms with Crippen LogP contribution in [-0.4, -0.2) is 26.7 Å². The number of nitrogens with two attached hydrogens (primary N) is 1. The lowest BCUT2D eigenvalue weighted by molar-refractivity contribution is 0.683. The number of aromatic nitrogens is 3. The van der Waals surface area contributed by atoms with Crippen LogP contribution in [0.25, 0.3) is 5.65 Å². The van der Waals surface area contributed by atoms with E-state index in [1.54, 1.807) is 6.20 Å². The van der Waals surface area contributed by atoms with Gasteiger partial charge in [-0.1, -0.05) is 13.8 Å². The quantitative estimate of drug-likeness (QED) is 0.886. The molecule has 1 aliphatic rings. The number of anilines is 1. The van der Waals surface area contributed by atoms with Crippen molar-refractivity contribution in [3.05, 3.63) is 24.0 Å². The summed E-state index contributed by atoms with van der Waals surface area (Å²) in [7, 11) is 0. The molecule has 0 bridgehead atoms. The number of nitrogens with one attached hydrogen (secondary N) is 1. The predicted molar refractivity (Wildman–Crippen MR) is 76.3 cm³/mol. The maximum atomic E-state index is 5.97. The molecule has 102 valence electrons. The van der Waals surface area contributed by atoms with Gasteiger partial charge in [-0.15, -0.1) is 0 Å². The lowest BCUT2D eigenvalue weighted by Gasteiger charge is -2.16. The molecule has 0 unspecified atom stereocenters. The molecule has 2 aromatic heterocycles. The number of nitrogens with zero attached hydrogens (tertiary/aromatic N) is 3. The summed E-state index contributed by atoms with van der Waals surface area (Å²) in [5.41, 5.74) is 7.97. The third-order valence-corrected chi connectivity index (χ3v) is 3.80. The van der Waals surface area contributed by atoms with Crippen molar-refractivity contribution in [1.82, 2.24) is 14.6 Å². The second-order valence-corrected chi connectivity index (χ2v) is 5.74. The molecule has 3 N–H and O–H groups in total. The highest BCUT2D eigenvalue weighted by molar-refractivity contribution is 5.50. The Labute approximate surface area is 113 Å². The van der Waals surface area contributed by atoms with Crippen molar-refractivity contribution in [2.45, 2.75) is 51.1 Å². The second kappa shape index (κ2) is 4.81. The molecule has 0 aromatic carbocycles. The summed E-state index contributed by atoms with van der Waals surface area (Å²) in [6.45, 7) is 4.31. The van der Waals surface area contributed by atoms with Gasteiger partial charge in [-0.25, -0.2) is 4.98 Å². The van der Waals surface area contributed by atoms with Gasteiger partial charge in [0, 0.05) is 29.9 Å². The van der Waals surface area contributed by atoms with E-state index in [1.807, 2.05) is 10.6 Å². The van der Waals surface area contributed by atoms with E-state index in [-0.39, 0.29) is 0 Å². The minimum absolute atomic E-state index is 0.331. The standard InChI is InChI=1S/C14H21N5/c1-9(2)12-8-14(17-11-4-3-10(15)7-11)19-13(18-12)5-6-16-19/h5-6,8-11,17H,3-4,7,15H2,1-2H3/t10-,11+/m1/s1. The van der Waals surface area contributed by atoms with Crippen LogP contribution < -0.4 is 11.1 Å². The van der Waals surface area contributed by atoms with Crippen LogP contribution in [0.3, 0.4) is 0 Å². The molecule has 2 heterocycles. The number of rotatable bonds is 3. The van der Waals surface area contributed by atoms with Crippen molar-refractivity contribution in [3.63, 3.8) is 0 Å². The fraction of sp³-hybridized carbons (Fsp3) is 0.571. The van der Waals surface area contributed by atoms with Crippen LogP contribution in [0.1, 0.15) is 44.7 Å². The molecule has 0 spiro atoms. The molecule has 19 heavy (non-hydrogen) atoms. The summed E-state index contributed by atoms with van der Waals surface area (Å²) in [6, 6.07) is 4.83. The topological polar surface area (TPSA) is 68.2 Å². The zero-order valence-electron chi connectivity index (χ0n) is 11.5. The summed E-state index contributed by atoms with van der Waals surface area (Å²) in [6.07, 6.45) is 5.05. The first-order valence-corrected chi connectivity index (χ1v) is 7.00. The van der Waals surface area contributed by atoms with Gasteiger partial charge in [-0.2, -0.15) is 9.61 Å². The Balaban J connectivity index is 1.94. The van der Waals surface area contributed by atoms with Gasteiger partial charge in [0.05, 0.1) is 6.20 Å². The van der Waals surface area contributed by atoms with Gasteiger partial charge < -0.3 is 11.1 Å². The molecule has 5 nitrogen and oxygen atoms in total. The molecule has 5 heteroatoms. The second-order valence-electron chi connectivity index (χ2n) is 5.74. The highest BCUT2D eigenvalue weighted by atomic mass is 15.3. The Morgan fingerprint density at radius 2 is 2.26 bits per heavy atom. The van der Waals surface area contributed by atoms with Crippen LogP contribution in [0.5, 0.6) is 0 Å². The molecular formula is C14H21N5. The first-order valence-electron chi connectivity index (χ1n) is 7.00. The molecule has 3 rings (SSSR count). The summed E-state index contributed by atoms with van der Waals surface area (Å²) in [4.78, 5) is 4.62. The van der Waals surface area contributed by atoms with E-state index >= 15 is 0 Å². The molecule has 2 aromatic rings. The van der Waals surface area contributed by atoms with Crippen LogP contribution in [-0.2, 0) is 0 Å². The number of hydrogen-bond donors (Lipinski definition) is 2. The first kappa shape index (κ1) is 12.4. The number of hydrogen-bond acceptors (Lipinski definition) is 4. The summed E-state index contributed by atoms with van der Waals surface area (Å²) in [5, 5.41) is 7.92. The van der Waals surface area contributed by atoms with Crippen molar-refractivity contribution in [1.29, 1.82) is 0 Å². The summed E-state index contributed by atoms with van der Waals surface area (Å²) in [5.74, 6) is 1.43. The normalized spacial score (nSPS) is 23.4. The van der Waals surface area contributed by atoms with Crippen molar-refractivity contribution in [3.8, 4) is 0 Å². The van der Waals surface area contributed by atoms with E-state index < -0.39 is 0 Å². The van der Waals surface area contributed by atoms with E-state index in [4.69, 9.17) is 5.73 Å². The van der Waals surface area contributed by atoms with Gasteiger partial charge in [0.1, 0.15) is 5.82 Å². The van der Waals surface area contributed by atoms with E-state index in [9.17, 15) is 0 Å². The van der Waals surface area contributed by atoms with Gasteiger partial charge in [-0.05, 0) is 25.2 Å². The smallest absolute Gasteiger partial charge is 0.157 e. The summed E-state index contributed by atoms with van der Waals surface area (Å²) < 4.78 is 1.87. The van der Waals surface area contributed by atoms with E-state index in [2.05, 4.69) is 35.3 Å². The zero-order valence-corrected chi connectivity index (χ0v) is 11.5. The van der Waals surface area contributed by atoms with Crippen molar-refractivity contribution in [2.75, 3.05) is 5.32 Å². The predicted octanol–water partition coefficient (Wildman–Crippen LogP) is 2.14. The highest BCUT2D eigenvalue weighted by Gasteiger charge is 2.22. The van der Waals surface area contributed by atoms with Crippen LogP contribution in [0, 0.1) is 0 Å². The van der Waals surface area contributed by atoms with Crippen molar-refractivity contribution >= 4 is 11.5 Å². The van der Waals surface area contributed by atoms with Crippen molar-refractivity contribution in [2.24, 2.45) is 5.73 Å². The molecule has 1 fully saturated rings. The van der Waals surface area contributed by atoms with Crippen LogP contribution in [0.15, 0.2) is 18.3 Å². The minimum Gasteiger partial charge on any atom is -0.367 e. The monoisotopic (exact) mass is 259 g/mol. The average molecular weight is 259 g/mol. The Morgan fingerprint density at radius 3 is 2.95 bits per heavy atom. The van der Waals surface area contributed by atoms with Crippen LogP contribution in [0.4, 0.5) is 5.82 Å². The Morgan fingerprint density at radius 1 is 1.42 bits per heavy atom. The Bertz CT molecular complexity index is 574. The van der Waals surface area contributed by atoms with Crippen LogP contribution in [0.2, 0.25) is 0 Å². The molecule has 0 aliphatic heterocycles. The van der Waals surface area contributed by atoms with E-state index in [0.717, 1.165) is 36.4 Å². The Hall–Kier alpha value is -1.62. The molecule has 1 aliphatic carbocycles.